The van der Waals surface area contributed by atoms with Crippen molar-refractivity contribution in [3.63, 3.8) is 0 Å². The fourth-order valence-corrected chi connectivity index (χ4v) is 1.39. The Morgan fingerprint density at radius 3 is 2.45 bits per heavy atom. The van der Waals surface area contributed by atoms with Gasteiger partial charge in [0.1, 0.15) is 0 Å². The molecule has 11 heavy (non-hydrogen) atoms. The van der Waals surface area contributed by atoms with Crippen LogP contribution in [0.15, 0.2) is 42.5 Å². The normalized spacial score (nSPS) is 10.3. The van der Waals surface area contributed by atoms with Gasteiger partial charge in [-0.2, -0.15) is 0 Å². The molecule has 0 aromatic rings. The third-order valence-corrected chi connectivity index (χ3v) is 2.01. The number of hydrogen-bond acceptors (Lipinski definition) is 0. The Kier molecular flexibility index (Phi) is 1.39. The second kappa shape index (κ2) is 2.39. The first-order valence-corrected chi connectivity index (χ1v) is 3.82. The van der Waals surface area contributed by atoms with Crippen LogP contribution in [0.1, 0.15) is 5.56 Å². The molecule has 0 heterocycles. The van der Waals surface area contributed by atoms with Crippen LogP contribution in [-0.2, 0) is 0 Å². The quantitative estimate of drug-likeness (QED) is 0.530. The summed E-state index contributed by atoms with van der Waals surface area (Å²) in [7, 11) is 0. The molecule has 0 nitrogen and oxygen atoms in total. The molecule has 2 aliphatic carbocycles. The largest absolute Gasteiger partial charge is 0.0620 e. The Morgan fingerprint density at radius 2 is 1.55 bits per heavy atom. The lowest BCUT2D eigenvalue weighted by molar-refractivity contribution is 1.52. The minimum absolute atomic E-state index is 1.33. The summed E-state index contributed by atoms with van der Waals surface area (Å²) < 4.78 is 0. The molecule has 0 saturated heterocycles. The predicted molar refractivity (Wildman–Crippen MR) is 47.8 cm³/mol. The zero-order valence-corrected chi connectivity index (χ0v) is 6.54. The molecule has 2 rings (SSSR count). The average Bonchev–Trinajstić information content (AvgIpc) is 2.40. The summed E-state index contributed by atoms with van der Waals surface area (Å²) >= 11 is 0. The molecule has 2 aliphatic rings. The van der Waals surface area contributed by atoms with Gasteiger partial charge in [-0.05, 0) is 23.6 Å². The van der Waals surface area contributed by atoms with Gasteiger partial charge in [0, 0.05) is 0 Å². The molecule has 54 valence electrons. The Hall–Kier alpha value is -1.30. The van der Waals surface area contributed by atoms with E-state index < -0.39 is 0 Å². The van der Waals surface area contributed by atoms with Crippen LogP contribution in [0.3, 0.4) is 0 Å². The molecule has 0 aromatic carbocycles. The minimum Gasteiger partial charge on any atom is -0.0620 e. The van der Waals surface area contributed by atoms with Crippen LogP contribution in [-0.4, -0.2) is 0 Å². The van der Waals surface area contributed by atoms with E-state index in [1.54, 1.807) is 0 Å². The van der Waals surface area contributed by atoms with Crippen molar-refractivity contribution in [3.8, 4) is 11.1 Å². The third-order valence-electron chi connectivity index (χ3n) is 2.01. The van der Waals surface area contributed by atoms with Gasteiger partial charge in [-0.25, -0.2) is 0 Å². The number of aryl methyl sites for hydroxylation is 1. The van der Waals surface area contributed by atoms with Crippen LogP contribution >= 0.6 is 0 Å². The van der Waals surface area contributed by atoms with Gasteiger partial charge in [0.05, 0.1) is 0 Å². The van der Waals surface area contributed by atoms with E-state index >= 15 is 0 Å². The first-order chi connectivity index (χ1) is 5.38. The fourth-order valence-electron chi connectivity index (χ4n) is 1.39. The molecule has 0 heteroatoms. The zero-order chi connectivity index (χ0) is 7.68. The highest BCUT2D eigenvalue weighted by Crippen LogP contribution is 2.24. The third kappa shape index (κ3) is 1.01. The lowest BCUT2D eigenvalue weighted by atomic mass is 10.1. The Bertz CT molecular complexity index is 336. The summed E-state index contributed by atoms with van der Waals surface area (Å²) in [5.74, 6) is 0. The zero-order valence-electron chi connectivity index (χ0n) is 6.54. The number of fused-ring (bicyclic) bond motifs is 1. The highest BCUT2D eigenvalue weighted by atomic mass is 14.0. The summed E-state index contributed by atoms with van der Waals surface area (Å²) in [5.41, 5.74) is 4.03. The van der Waals surface area contributed by atoms with Crippen molar-refractivity contribution >= 4 is 0 Å². The van der Waals surface area contributed by atoms with E-state index in [0.29, 0.717) is 0 Å². The molecule has 0 saturated carbocycles. The van der Waals surface area contributed by atoms with Gasteiger partial charge < -0.3 is 0 Å². The summed E-state index contributed by atoms with van der Waals surface area (Å²) in [5, 5.41) is 0. The second-order valence-electron chi connectivity index (χ2n) is 2.80. The first-order valence-electron chi connectivity index (χ1n) is 3.82. The Labute approximate surface area is 66.8 Å². The molecule has 0 radical (unpaired) electrons. The van der Waals surface area contributed by atoms with Crippen molar-refractivity contribution in [2.45, 2.75) is 6.92 Å². The summed E-state index contributed by atoms with van der Waals surface area (Å²) in [6.45, 7) is 2.14. The summed E-state index contributed by atoms with van der Waals surface area (Å²) in [6.07, 6.45) is 0. The van der Waals surface area contributed by atoms with E-state index in [9.17, 15) is 0 Å². The average molecular weight is 142 g/mol. The van der Waals surface area contributed by atoms with Gasteiger partial charge in [-0.1, -0.05) is 42.5 Å². The van der Waals surface area contributed by atoms with Crippen LogP contribution in [0, 0.1) is 6.92 Å². The molecule has 0 aliphatic heterocycles. The molecule has 0 unspecified atom stereocenters. The van der Waals surface area contributed by atoms with E-state index in [1.807, 2.05) is 0 Å². The van der Waals surface area contributed by atoms with Crippen molar-refractivity contribution in [3.05, 3.63) is 48.0 Å². The molecule has 0 N–H and O–H groups in total. The molecule has 0 spiro atoms. The van der Waals surface area contributed by atoms with Crippen LogP contribution in [0.2, 0.25) is 0 Å². The number of hydrogen-bond donors (Lipinski definition) is 0. The molecule has 0 amide bonds. The lowest BCUT2D eigenvalue weighted by Crippen LogP contribution is -1.70. The maximum Gasteiger partial charge on any atom is -0.0155 e. The Balaban J connectivity index is 2.78. The van der Waals surface area contributed by atoms with Gasteiger partial charge >= 0.3 is 0 Å². The fraction of sp³-hybridized carbons (Fsp3) is 0.0909. The van der Waals surface area contributed by atoms with Gasteiger partial charge in [-0.15, -0.1) is 0 Å². The van der Waals surface area contributed by atoms with E-state index in [4.69, 9.17) is 0 Å². The maximum absolute atomic E-state index is 2.16. The molecular weight excluding hydrogens is 132 g/mol. The van der Waals surface area contributed by atoms with Crippen molar-refractivity contribution in [2.24, 2.45) is 0 Å². The smallest absolute Gasteiger partial charge is 0.0155 e. The molecule has 0 fully saturated rings. The van der Waals surface area contributed by atoms with Crippen molar-refractivity contribution in [1.29, 1.82) is 0 Å². The van der Waals surface area contributed by atoms with E-state index in [2.05, 4.69) is 49.4 Å². The summed E-state index contributed by atoms with van der Waals surface area (Å²) in [4.78, 5) is 0. The topological polar surface area (TPSA) is 0 Å². The summed E-state index contributed by atoms with van der Waals surface area (Å²) in [6, 6.07) is 14.8. The van der Waals surface area contributed by atoms with Crippen LogP contribution in [0.25, 0.3) is 11.1 Å². The first kappa shape index (κ1) is 6.41. The minimum atomic E-state index is 1.33. The number of rotatable bonds is 0. The van der Waals surface area contributed by atoms with E-state index in [1.165, 1.54) is 16.7 Å². The van der Waals surface area contributed by atoms with Crippen LogP contribution in [0.4, 0.5) is 0 Å². The second-order valence-corrected chi connectivity index (χ2v) is 2.80. The highest BCUT2D eigenvalue weighted by molar-refractivity contribution is 5.68. The Morgan fingerprint density at radius 1 is 0.818 bits per heavy atom. The predicted octanol–water partition coefficient (Wildman–Crippen LogP) is 3.10. The molecule has 0 aromatic heterocycles. The SMILES string of the molecule is Cc1ccccc2cccc1-2. The van der Waals surface area contributed by atoms with Gasteiger partial charge in [0.15, 0.2) is 0 Å². The van der Waals surface area contributed by atoms with Gasteiger partial charge in [0.25, 0.3) is 0 Å². The van der Waals surface area contributed by atoms with Crippen molar-refractivity contribution in [2.75, 3.05) is 0 Å². The molecule has 0 bridgehead atoms. The van der Waals surface area contributed by atoms with Crippen molar-refractivity contribution < 1.29 is 0 Å². The van der Waals surface area contributed by atoms with E-state index in [0.717, 1.165) is 0 Å². The van der Waals surface area contributed by atoms with Crippen LogP contribution < -0.4 is 0 Å². The molecule has 0 atom stereocenters. The van der Waals surface area contributed by atoms with Crippen molar-refractivity contribution in [1.82, 2.24) is 0 Å². The highest BCUT2D eigenvalue weighted by Gasteiger charge is 2.00. The van der Waals surface area contributed by atoms with Gasteiger partial charge in [0.2, 0.25) is 0 Å². The van der Waals surface area contributed by atoms with Crippen LogP contribution in [0.5, 0.6) is 0 Å². The standard InChI is InChI=1S/C11H10/c1-9-5-2-3-6-10-7-4-8-11(9)10/h2-8H,1H3. The lowest BCUT2D eigenvalue weighted by Gasteiger charge is -1.93. The van der Waals surface area contributed by atoms with E-state index in [-0.39, 0.29) is 0 Å². The monoisotopic (exact) mass is 142 g/mol. The molecular formula is C11H10. The van der Waals surface area contributed by atoms with Gasteiger partial charge in [-0.3, -0.25) is 0 Å². The maximum atomic E-state index is 2.16.